The minimum absolute atomic E-state index is 0.00135. The number of rotatable bonds is 3. The van der Waals surface area contributed by atoms with Gasteiger partial charge in [0.15, 0.2) is 0 Å². The standard InChI is InChI=1S/C16H16F3N3O/c17-16(18,19)14-6-8-20-15(22-14)21-12-7-9-23-13(10-12)11-4-2-1-3-5-11/h1-6,8,12-13H,7,9-10H2,(H,20,21,22)/t12-,13+/m0/s1. The molecule has 0 radical (unpaired) electrons. The Morgan fingerprint density at radius 2 is 1.91 bits per heavy atom. The zero-order valence-corrected chi connectivity index (χ0v) is 12.3. The Balaban J connectivity index is 1.68. The molecule has 1 aromatic heterocycles. The fourth-order valence-corrected chi connectivity index (χ4v) is 2.60. The Bertz CT molecular complexity index is 649. The highest BCUT2D eigenvalue weighted by Crippen LogP contribution is 2.30. The highest BCUT2D eigenvalue weighted by molar-refractivity contribution is 5.28. The van der Waals surface area contributed by atoms with Crippen molar-refractivity contribution in [3.05, 3.63) is 53.9 Å². The van der Waals surface area contributed by atoms with Gasteiger partial charge in [-0.3, -0.25) is 0 Å². The zero-order valence-electron chi connectivity index (χ0n) is 12.3. The second-order valence-corrected chi connectivity index (χ2v) is 5.40. The van der Waals surface area contributed by atoms with Gasteiger partial charge in [-0.2, -0.15) is 13.2 Å². The summed E-state index contributed by atoms with van der Waals surface area (Å²) in [6.07, 6.45) is -2.08. The first kappa shape index (κ1) is 15.7. The highest BCUT2D eigenvalue weighted by atomic mass is 19.4. The van der Waals surface area contributed by atoms with Gasteiger partial charge in [0, 0.05) is 18.8 Å². The Morgan fingerprint density at radius 3 is 2.65 bits per heavy atom. The lowest BCUT2D eigenvalue weighted by atomic mass is 9.97. The van der Waals surface area contributed by atoms with Crippen molar-refractivity contribution in [1.29, 1.82) is 0 Å². The van der Waals surface area contributed by atoms with Crippen LogP contribution in [0.2, 0.25) is 0 Å². The molecule has 2 aromatic rings. The molecule has 23 heavy (non-hydrogen) atoms. The average molecular weight is 323 g/mol. The second kappa shape index (κ2) is 6.54. The fourth-order valence-electron chi connectivity index (χ4n) is 2.60. The summed E-state index contributed by atoms with van der Waals surface area (Å²) >= 11 is 0. The van der Waals surface area contributed by atoms with Gasteiger partial charge in [-0.15, -0.1) is 0 Å². The van der Waals surface area contributed by atoms with Crippen LogP contribution in [0.25, 0.3) is 0 Å². The van der Waals surface area contributed by atoms with Crippen molar-refractivity contribution in [3.8, 4) is 0 Å². The third kappa shape index (κ3) is 3.98. The maximum Gasteiger partial charge on any atom is 0.433 e. The number of benzene rings is 1. The lowest BCUT2D eigenvalue weighted by Gasteiger charge is -2.30. The van der Waals surface area contributed by atoms with E-state index < -0.39 is 11.9 Å². The van der Waals surface area contributed by atoms with Crippen LogP contribution in [0, 0.1) is 0 Å². The number of hydrogen-bond acceptors (Lipinski definition) is 4. The van der Waals surface area contributed by atoms with Crippen LogP contribution < -0.4 is 5.32 Å². The van der Waals surface area contributed by atoms with E-state index in [1.807, 2.05) is 30.3 Å². The third-order valence-electron chi connectivity index (χ3n) is 3.73. The molecule has 2 heterocycles. The number of ether oxygens (including phenoxy) is 1. The zero-order chi connectivity index (χ0) is 16.3. The van der Waals surface area contributed by atoms with Gasteiger partial charge in [0.05, 0.1) is 6.10 Å². The lowest BCUT2D eigenvalue weighted by molar-refractivity contribution is -0.141. The third-order valence-corrected chi connectivity index (χ3v) is 3.73. The predicted octanol–water partition coefficient (Wildman–Crippen LogP) is 3.83. The maximum absolute atomic E-state index is 12.7. The van der Waals surface area contributed by atoms with E-state index in [9.17, 15) is 13.2 Å². The molecule has 7 heteroatoms. The predicted molar refractivity (Wildman–Crippen MR) is 78.8 cm³/mol. The average Bonchev–Trinajstić information content (AvgIpc) is 2.55. The molecule has 1 saturated heterocycles. The van der Waals surface area contributed by atoms with E-state index in [2.05, 4.69) is 15.3 Å². The van der Waals surface area contributed by atoms with Crippen LogP contribution in [-0.2, 0) is 10.9 Å². The van der Waals surface area contributed by atoms with Gasteiger partial charge < -0.3 is 10.1 Å². The van der Waals surface area contributed by atoms with E-state index in [1.165, 1.54) is 0 Å². The van der Waals surface area contributed by atoms with Crippen LogP contribution in [0.3, 0.4) is 0 Å². The number of halogens is 3. The van der Waals surface area contributed by atoms with E-state index >= 15 is 0 Å². The largest absolute Gasteiger partial charge is 0.433 e. The van der Waals surface area contributed by atoms with E-state index in [-0.39, 0.29) is 18.1 Å². The summed E-state index contributed by atoms with van der Waals surface area (Å²) in [5.74, 6) is -0.00135. The number of nitrogens with zero attached hydrogens (tertiary/aromatic N) is 2. The first-order valence-corrected chi connectivity index (χ1v) is 7.36. The van der Waals surface area contributed by atoms with Gasteiger partial charge in [-0.05, 0) is 24.5 Å². The molecule has 0 aliphatic carbocycles. The molecule has 0 amide bonds. The lowest BCUT2D eigenvalue weighted by Crippen LogP contribution is -2.31. The molecule has 1 aromatic carbocycles. The van der Waals surface area contributed by atoms with E-state index in [4.69, 9.17) is 4.74 Å². The van der Waals surface area contributed by atoms with Gasteiger partial charge in [-0.25, -0.2) is 9.97 Å². The quantitative estimate of drug-likeness (QED) is 0.932. The second-order valence-electron chi connectivity index (χ2n) is 5.40. The van der Waals surface area contributed by atoms with Crippen LogP contribution in [0.1, 0.15) is 30.2 Å². The van der Waals surface area contributed by atoms with Crippen LogP contribution in [0.4, 0.5) is 19.1 Å². The molecule has 3 rings (SSSR count). The molecule has 4 nitrogen and oxygen atoms in total. The van der Waals surface area contributed by atoms with Crippen molar-refractivity contribution in [3.63, 3.8) is 0 Å². The van der Waals surface area contributed by atoms with Crippen LogP contribution in [0.5, 0.6) is 0 Å². The highest BCUT2D eigenvalue weighted by Gasteiger charge is 2.33. The maximum atomic E-state index is 12.7. The minimum Gasteiger partial charge on any atom is -0.373 e. The smallest absolute Gasteiger partial charge is 0.373 e. The molecular formula is C16H16F3N3O. The number of aromatic nitrogens is 2. The summed E-state index contributed by atoms with van der Waals surface area (Å²) in [5.41, 5.74) is 0.116. The summed E-state index contributed by atoms with van der Waals surface area (Å²) in [7, 11) is 0. The van der Waals surface area contributed by atoms with Crippen LogP contribution in [-0.4, -0.2) is 22.6 Å². The van der Waals surface area contributed by atoms with Crippen LogP contribution >= 0.6 is 0 Å². The Labute approximate surface area is 131 Å². The number of nitrogens with one attached hydrogen (secondary N) is 1. The molecule has 122 valence electrons. The van der Waals surface area contributed by atoms with Gasteiger partial charge in [0.2, 0.25) is 5.95 Å². The van der Waals surface area contributed by atoms with Crippen molar-refractivity contribution >= 4 is 5.95 Å². The molecule has 1 fully saturated rings. The molecule has 0 saturated carbocycles. The number of anilines is 1. The Morgan fingerprint density at radius 1 is 1.13 bits per heavy atom. The fraction of sp³-hybridized carbons (Fsp3) is 0.375. The summed E-state index contributed by atoms with van der Waals surface area (Å²) < 4.78 is 43.8. The van der Waals surface area contributed by atoms with Crippen LogP contribution in [0.15, 0.2) is 42.6 Å². The van der Waals surface area contributed by atoms with Crippen molar-refractivity contribution in [2.45, 2.75) is 31.2 Å². The molecule has 0 spiro atoms. The Hall–Kier alpha value is -2.15. The first-order chi connectivity index (χ1) is 11.0. The SMILES string of the molecule is FC(F)(F)c1ccnc(N[C@H]2CCO[C@@H](c3ccccc3)C2)n1. The molecule has 1 aliphatic heterocycles. The summed E-state index contributed by atoms with van der Waals surface area (Å²) in [4.78, 5) is 7.43. The molecule has 1 N–H and O–H groups in total. The molecule has 0 unspecified atom stereocenters. The van der Waals surface area contributed by atoms with Gasteiger partial charge >= 0.3 is 6.18 Å². The van der Waals surface area contributed by atoms with Crippen molar-refractivity contribution in [2.24, 2.45) is 0 Å². The minimum atomic E-state index is -4.47. The summed E-state index contributed by atoms with van der Waals surface area (Å²) in [5, 5.41) is 2.99. The van der Waals surface area contributed by atoms with Gasteiger partial charge in [0.1, 0.15) is 5.69 Å². The normalized spacial score (nSPS) is 21.9. The molecular weight excluding hydrogens is 307 g/mol. The number of hydrogen-bond donors (Lipinski definition) is 1. The first-order valence-electron chi connectivity index (χ1n) is 7.36. The van der Waals surface area contributed by atoms with E-state index in [1.54, 1.807) is 0 Å². The van der Waals surface area contributed by atoms with Crippen molar-refractivity contribution in [2.75, 3.05) is 11.9 Å². The topological polar surface area (TPSA) is 47.0 Å². The van der Waals surface area contributed by atoms with Crippen molar-refractivity contribution in [1.82, 2.24) is 9.97 Å². The molecule has 1 aliphatic rings. The summed E-state index contributed by atoms with van der Waals surface area (Å²) in [6, 6.07) is 10.6. The monoisotopic (exact) mass is 323 g/mol. The van der Waals surface area contributed by atoms with E-state index in [0.717, 1.165) is 17.8 Å². The Kier molecular flexibility index (Phi) is 4.47. The molecule has 0 bridgehead atoms. The number of alkyl halides is 3. The van der Waals surface area contributed by atoms with Crippen molar-refractivity contribution < 1.29 is 17.9 Å². The van der Waals surface area contributed by atoms with E-state index in [0.29, 0.717) is 19.4 Å². The van der Waals surface area contributed by atoms with Gasteiger partial charge in [-0.1, -0.05) is 30.3 Å². The van der Waals surface area contributed by atoms with Gasteiger partial charge in [0.25, 0.3) is 0 Å². The molecule has 2 atom stereocenters. The summed E-state index contributed by atoms with van der Waals surface area (Å²) in [6.45, 7) is 0.538.